The molecule has 0 saturated carbocycles. The Morgan fingerprint density at radius 1 is 1.16 bits per heavy atom. The molecule has 7 nitrogen and oxygen atoms in total. The molecule has 0 aliphatic carbocycles. The van der Waals surface area contributed by atoms with Crippen LogP contribution < -0.4 is 10.6 Å². The number of aromatic nitrogens is 2. The summed E-state index contributed by atoms with van der Waals surface area (Å²) < 4.78 is 5.50. The van der Waals surface area contributed by atoms with E-state index in [4.69, 9.17) is 4.42 Å². The van der Waals surface area contributed by atoms with Crippen molar-refractivity contribution in [1.29, 1.82) is 0 Å². The second-order valence-electron chi connectivity index (χ2n) is 5.91. The van der Waals surface area contributed by atoms with Gasteiger partial charge in [0.25, 0.3) is 0 Å². The molecule has 1 atom stereocenters. The average Bonchev–Trinajstić information content (AvgIpc) is 3.11. The van der Waals surface area contributed by atoms with Crippen molar-refractivity contribution in [3.8, 4) is 11.5 Å². The Morgan fingerprint density at radius 2 is 1.84 bits per heavy atom. The molecule has 0 radical (unpaired) electrons. The smallest absolute Gasteiger partial charge is 0.319 e. The lowest BCUT2D eigenvalue weighted by Gasteiger charge is -2.20. The number of nitrogens with zero attached hydrogens (tertiary/aromatic N) is 2. The number of nitrogens with one attached hydrogen (secondary N) is 2. The van der Waals surface area contributed by atoms with Crippen LogP contribution in [-0.2, 0) is 6.42 Å². The van der Waals surface area contributed by atoms with E-state index in [1.165, 1.54) is 0 Å². The van der Waals surface area contributed by atoms with Crippen LogP contribution >= 0.6 is 0 Å². The van der Waals surface area contributed by atoms with Gasteiger partial charge < -0.3 is 20.2 Å². The van der Waals surface area contributed by atoms with Gasteiger partial charge in [-0.2, -0.15) is 0 Å². The largest absolute Gasteiger partial charge is 0.421 e. The maximum Gasteiger partial charge on any atom is 0.319 e. The lowest BCUT2D eigenvalue weighted by atomic mass is 9.97. The molecule has 2 aromatic rings. The number of urea groups is 1. The van der Waals surface area contributed by atoms with E-state index in [1.807, 2.05) is 32.9 Å². The molecule has 0 bridgehead atoms. The summed E-state index contributed by atoms with van der Waals surface area (Å²) in [6, 6.07) is 6.80. The summed E-state index contributed by atoms with van der Waals surface area (Å²) in [4.78, 5) is 11.9. The SMILES string of the molecule is CCc1nnc(-c2ccc(NC(=O)NCC(O)C(CC)CC)cc2)o1. The normalized spacial score (nSPS) is 12.2. The fraction of sp³-hybridized carbons (Fsp3) is 0.500. The number of rotatable bonds is 8. The Labute approximate surface area is 147 Å². The summed E-state index contributed by atoms with van der Waals surface area (Å²) in [5.74, 6) is 1.25. The summed E-state index contributed by atoms with van der Waals surface area (Å²) >= 11 is 0. The number of hydrogen-bond donors (Lipinski definition) is 3. The number of carbonyl (C=O) groups is 1. The Kier molecular flexibility index (Phi) is 6.94. The molecular formula is C18H26N4O3. The topological polar surface area (TPSA) is 100 Å². The Balaban J connectivity index is 1.87. The molecule has 2 rings (SSSR count). The molecule has 3 N–H and O–H groups in total. The van der Waals surface area contributed by atoms with Crippen molar-refractivity contribution >= 4 is 11.7 Å². The fourth-order valence-corrected chi connectivity index (χ4v) is 2.58. The molecule has 2 amide bonds. The highest BCUT2D eigenvalue weighted by Crippen LogP contribution is 2.20. The van der Waals surface area contributed by atoms with Gasteiger partial charge in [0.05, 0.1) is 6.10 Å². The van der Waals surface area contributed by atoms with Gasteiger partial charge in [-0.25, -0.2) is 4.79 Å². The van der Waals surface area contributed by atoms with Gasteiger partial charge in [-0.3, -0.25) is 0 Å². The van der Waals surface area contributed by atoms with E-state index in [0.717, 1.165) is 18.4 Å². The van der Waals surface area contributed by atoms with Crippen LogP contribution in [0.2, 0.25) is 0 Å². The minimum atomic E-state index is -0.534. The third kappa shape index (κ3) is 5.29. The second kappa shape index (κ2) is 9.17. The van der Waals surface area contributed by atoms with Crippen LogP contribution in [0.3, 0.4) is 0 Å². The van der Waals surface area contributed by atoms with Gasteiger partial charge in [0.1, 0.15) is 0 Å². The third-order valence-electron chi connectivity index (χ3n) is 4.22. The van der Waals surface area contributed by atoms with Crippen molar-refractivity contribution in [2.45, 2.75) is 46.1 Å². The Bertz CT molecular complexity index is 665. The van der Waals surface area contributed by atoms with Gasteiger partial charge in [-0.15, -0.1) is 10.2 Å². The molecule has 0 aliphatic rings. The van der Waals surface area contributed by atoms with Crippen LogP contribution in [0.4, 0.5) is 10.5 Å². The van der Waals surface area contributed by atoms with E-state index in [-0.39, 0.29) is 18.5 Å². The van der Waals surface area contributed by atoms with E-state index >= 15 is 0 Å². The lowest BCUT2D eigenvalue weighted by molar-refractivity contribution is 0.104. The zero-order chi connectivity index (χ0) is 18.2. The van der Waals surface area contributed by atoms with E-state index in [0.29, 0.717) is 23.9 Å². The highest BCUT2D eigenvalue weighted by molar-refractivity contribution is 5.89. The van der Waals surface area contributed by atoms with Crippen LogP contribution in [0.25, 0.3) is 11.5 Å². The van der Waals surface area contributed by atoms with Gasteiger partial charge in [0.15, 0.2) is 0 Å². The summed E-state index contributed by atoms with van der Waals surface area (Å²) in [6.07, 6.45) is 1.93. The second-order valence-corrected chi connectivity index (χ2v) is 5.91. The summed E-state index contributed by atoms with van der Waals surface area (Å²) in [5, 5.41) is 23.4. The molecule has 1 unspecified atom stereocenters. The molecule has 1 aromatic carbocycles. The summed E-state index contributed by atoms with van der Waals surface area (Å²) in [5.41, 5.74) is 1.44. The maximum atomic E-state index is 11.9. The van der Waals surface area contributed by atoms with Crippen molar-refractivity contribution < 1.29 is 14.3 Å². The molecule has 0 aliphatic heterocycles. The molecule has 7 heteroatoms. The van der Waals surface area contributed by atoms with Crippen molar-refractivity contribution in [3.05, 3.63) is 30.2 Å². The van der Waals surface area contributed by atoms with Crippen molar-refractivity contribution in [1.82, 2.24) is 15.5 Å². The van der Waals surface area contributed by atoms with Crippen LogP contribution in [0.5, 0.6) is 0 Å². The average molecular weight is 346 g/mol. The summed E-state index contributed by atoms with van der Waals surface area (Å²) in [6.45, 7) is 6.25. The van der Waals surface area contributed by atoms with E-state index in [1.54, 1.807) is 12.1 Å². The van der Waals surface area contributed by atoms with Gasteiger partial charge >= 0.3 is 6.03 Å². The number of benzene rings is 1. The number of hydrogen-bond acceptors (Lipinski definition) is 5. The number of aliphatic hydroxyl groups excluding tert-OH is 1. The monoisotopic (exact) mass is 346 g/mol. The van der Waals surface area contributed by atoms with Gasteiger partial charge in [-0.1, -0.05) is 33.6 Å². The standard InChI is InChI=1S/C18H26N4O3/c1-4-12(5-2)15(23)11-19-18(24)20-14-9-7-13(8-10-14)17-22-21-16(6-3)25-17/h7-10,12,15,23H,4-6,11H2,1-3H3,(H2,19,20,24). The quantitative estimate of drug-likeness (QED) is 0.681. The van der Waals surface area contributed by atoms with Gasteiger partial charge in [0, 0.05) is 24.2 Å². The van der Waals surface area contributed by atoms with Crippen LogP contribution in [0.15, 0.2) is 28.7 Å². The maximum absolute atomic E-state index is 11.9. The van der Waals surface area contributed by atoms with Crippen molar-refractivity contribution in [2.75, 3.05) is 11.9 Å². The molecule has 1 heterocycles. The Hall–Kier alpha value is -2.41. The third-order valence-corrected chi connectivity index (χ3v) is 4.22. The zero-order valence-corrected chi connectivity index (χ0v) is 15.0. The first-order valence-corrected chi connectivity index (χ1v) is 8.73. The molecule has 0 fully saturated rings. The molecule has 0 saturated heterocycles. The first kappa shape index (κ1) is 18.9. The number of aliphatic hydroxyl groups is 1. The molecule has 0 spiro atoms. The predicted octanol–water partition coefficient (Wildman–Crippen LogP) is 3.22. The highest BCUT2D eigenvalue weighted by Gasteiger charge is 2.16. The molecule has 25 heavy (non-hydrogen) atoms. The predicted molar refractivity (Wildman–Crippen MR) is 96.2 cm³/mol. The number of anilines is 1. The molecular weight excluding hydrogens is 320 g/mol. The zero-order valence-electron chi connectivity index (χ0n) is 15.0. The molecule has 1 aromatic heterocycles. The minimum absolute atomic E-state index is 0.196. The van der Waals surface area contributed by atoms with Gasteiger partial charge in [0.2, 0.25) is 11.8 Å². The van der Waals surface area contributed by atoms with Crippen LogP contribution in [-0.4, -0.2) is 34.0 Å². The highest BCUT2D eigenvalue weighted by atomic mass is 16.4. The van der Waals surface area contributed by atoms with Gasteiger partial charge in [-0.05, 0) is 30.2 Å². The first-order chi connectivity index (χ1) is 12.1. The minimum Gasteiger partial charge on any atom is -0.421 e. The van der Waals surface area contributed by atoms with E-state index in [9.17, 15) is 9.90 Å². The number of amides is 2. The van der Waals surface area contributed by atoms with E-state index in [2.05, 4.69) is 20.8 Å². The number of carbonyl (C=O) groups excluding carboxylic acids is 1. The van der Waals surface area contributed by atoms with E-state index < -0.39 is 6.10 Å². The summed E-state index contributed by atoms with van der Waals surface area (Å²) in [7, 11) is 0. The molecule has 136 valence electrons. The number of aryl methyl sites for hydroxylation is 1. The first-order valence-electron chi connectivity index (χ1n) is 8.73. The lowest BCUT2D eigenvalue weighted by Crippen LogP contribution is -2.38. The van der Waals surface area contributed by atoms with Crippen LogP contribution in [0, 0.1) is 5.92 Å². The van der Waals surface area contributed by atoms with Crippen molar-refractivity contribution in [2.24, 2.45) is 5.92 Å². The Morgan fingerprint density at radius 3 is 2.40 bits per heavy atom. The van der Waals surface area contributed by atoms with Crippen molar-refractivity contribution in [3.63, 3.8) is 0 Å². The van der Waals surface area contributed by atoms with Crippen LogP contribution in [0.1, 0.15) is 39.5 Å². The fourth-order valence-electron chi connectivity index (χ4n) is 2.58.